The Balaban J connectivity index is 2.64. The maximum atomic E-state index is 12.1. The molecule has 4 nitrogen and oxygen atoms in total. The number of hydrogen-bond donors (Lipinski definition) is 0. The molecule has 0 saturated carbocycles. The SMILES string of the molecule is CC(=O)/C(=C(\C=O)c1ccc(Br)cc1)c1ccc(S(C)(=O)=O)cc1. The standard InChI is InChI=1S/C18H15BrO4S/c1-12(21)18(14-5-9-16(10-6-14)24(2,22)23)17(11-20)13-3-7-15(19)8-4-13/h3-11H,1-2H3/b18-17-. The van der Waals surface area contributed by atoms with E-state index in [4.69, 9.17) is 0 Å². The molecule has 24 heavy (non-hydrogen) atoms. The molecule has 0 amide bonds. The molecule has 2 aromatic rings. The lowest BCUT2D eigenvalue weighted by atomic mass is 9.93. The van der Waals surface area contributed by atoms with E-state index >= 15 is 0 Å². The van der Waals surface area contributed by atoms with Crippen molar-refractivity contribution >= 4 is 49.0 Å². The Morgan fingerprint density at radius 2 is 1.46 bits per heavy atom. The minimum atomic E-state index is -3.32. The molecule has 0 aliphatic rings. The fraction of sp³-hybridized carbons (Fsp3) is 0.111. The summed E-state index contributed by atoms with van der Waals surface area (Å²) in [7, 11) is -3.32. The second-order valence-corrected chi connectivity index (χ2v) is 8.20. The molecule has 0 radical (unpaired) electrons. The van der Waals surface area contributed by atoms with Crippen LogP contribution in [0.1, 0.15) is 18.1 Å². The Morgan fingerprint density at radius 3 is 1.88 bits per heavy atom. The van der Waals surface area contributed by atoms with Crippen LogP contribution >= 0.6 is 15.9 Å². The van der Waals surface area contributed by atoms with Crippen LogP contribution in [0.2, 0.25) is 0 Å². The van der Waals surface area contributed by atoms with Crippen LogP contribution in [-0.4, -0.2) is 26.7 Å². The molecular weight excluding hydrogens is 392 g/mol. The summed E-state index contributed by atoms with van der Waals surface area (Å²) in [5.41, 5.74) is 1.64. The van der Waals surface area contributed by atoms with Gasteiger partial charge in [-0.2, -0.15) is 0 Å². The topological polar surface area (TPSA) is 68.3 Å². The van der Waals surface area contributed by atoms with Crippen molar-refractivity contribution in [3.05, 3.63) is 64.1 Å². The third-order valence-electron chi connectivity index (χ3n) is 3.47. The summed E-state index contributed by atoms with van der Waals surface area (Å²) in [6.07, 6.45) is 1.76. The van der Waals surface area contributed by atoms with Crippen molar-refractivity contribution in [2.45, 2.75) is 11.8 Å². The van der Waals surface area contributed by atoms with E-state index in [2.05, 4.69) is 15.9 Å². The molecule has 6 heteroatoms. The van der Waals surface area contributed by atoms with Gasteiger partial charge in [-0.15, -0.1) is 0 Å². The van der Waals surface area contributed by atoms with Crippen LogP contribution in [0.25, 0.3) is 11.1 Å². The van der Waals surface area contributed by atoms with Crippen LogP contribution < -0.4 is 0 Å². The quantitative estimate of drug-likeness (QED) is 0.432. The molecule has 0 bridgehead atoms. The fourth-order valence-corrected chi connectivity index (χ4v) is 3.21. The van der Waals surface area contributed by atoms with Crippen LogP contribution in [0.5, 0.6) is 0 Å². The number of sulfone groups is 1. The highest BCUT2D eigenvalue weighted by molar-refractivity contribution is 9.10. The predicted octanol–water partition coefficient (Wildman–Crippen LogP) is 3.55. The predicted molar refractivity (Wildman–Crippen MR) is 97.3 cm³/mol. The molecule has 0 spiro atoms. The van der Waals surface area contributed by atoms with Crippen molar-refractivity contribution in [2.75, 3.05) is 6.26 Å². The molecule has 0 aromatic heterocycles. The Labute approximate surface area is 149 Å². The second kappa shape index (κ2) is 7.23. The molecule has 0 heterocycles. The van der Waals surface area contributed by atoms with Crippen LogP contribution in [0.3, 0.4) is 0 Å². The highest BCUT2D eigenvalue weighted by Gasteiger charge is 2.16. The van der Waals surface area contributed by atoms with Crippen molar-refractivity contribution in [1.29, 1.82) is 0 Å². The first kappa shape index (κ1) is 18.3. The molecule has 2 aromatic carbocycles. The van der Waals surface area contributed by atoms with E-state index in [0.717, 1.165) is 10.7 Å². The highest BCUT2D eigenvalue weighted by Crippen LogP contribution is 2.27. The molecule has 0 aliphatic carbocycles. The summed E-state index contributed by atoms with van der Waals surface area (Å²) in [5.74, 6) is -0.271. The summed E-state index contributed by atoms with van der Waals surface area (Å²) < 4.78 is 24.0. The molecular formula is C18H15BrO4S. The van der Waals surface area contributed by atoms with Crippen LogP contribution in [0.4, 0.5) is 0 Å². The van der Waals surface area contributed by atoms with Gasteiger partial charge in [0.25, 0.3) is 0 Å². The van der Waals surface area contributed by atoms with Gasteiger partial charge in [-0.3, -0.25) is 9.59 Å². The van der Waals surface area contributed by atoms with Crippen molar-refractivity contribution in [3.63, 3.8) is 0 Å². The fourth-order valence-electron chi connectivity index (χ4n) is 2.32. The number of Topliss-reactive ketones (excluding diaryl/α,β-unsaturated/α-hetero) is 1. The lowest BCUT2D eigenvalue weighted by Gasteiger charge is -2.10. The summed E-state index contributed by atoms with van der Waals surface area (Å²) in [6.45, 7) is 1.38. The van der Waals surface area contributed by atoms with Crippen LogP contribution in [0, 0.1) is 0 Å². The third-order valence-corrected chi connectivity index (χ3v) is 5.12. The smallest absolute Gasteiger partial charge is 0.175 e. The van der Waals surface area contributed by atoms with E-state index in [9.17, 15) is 18.0 Å². The van der Waals surface area contributed by atoms with Gasteiger partial charge in [-0.25, -0.2) is 8.42 Å². The minimum absolute atomic E-state index is 0.158. The van der Waals surface area contributed by atoms with Gasteiger partial charge in [0.05, 0.1) is 4.90 Å². The minimum Gasteiger partial charge on any atom is -0.298 e. The Kier molecular flexibility index (Phi) is 5.51. The Bertz CT molecular complexity index is 908. The monoisotopic (exact) mass is 406 g/mol. The van der Waals surface area contributed by atoms with Crippen molar-refractivity contribution in [1.82, 2.24) is 0 Å². The molecule has 0 saturated heterocycles. The van der Waals surface area contributed by atoms with Gasteiger partial charge in [0.2, 0.25) is 0 Å². The zero-order valence-electron chi connectivity index (χ0n) is 13.1. The molecule has 0 atom stereocenters. The van der Waals surface area contributed by atoms with Gasteiger partial charge in [0, 0.05) is 21.9 Å². The first-order valence-corrected chi connectivity index (χ1v) is 9.69. The first-order valence-electron chi connectivity index (χ1n) is 7.01. The molecule has 0 fully saturated rings. The van der Waals surface area contributed by atoms with Crippen molar-refractivity contribution < 1.29 is 18.0 Å². The van der Waals surface area contributed by atoms with E-state index in [1.807, 2.05) is 0 Å². The number of carbonyl (C=O) groups is 2. The number of carbonyl (C=O) groups excluding carboxylic acids is 2. The van der Waals surface area contributed by atoms with Crippen molar-refractivity contribution in [3.8, 4) is 0 Å². The Hall–Kier alpha value is -2.05. The number of aldehydes is 1. The number of rotatable bonds is 5. The molecule has 0 unspecified atom stereocenters. The number of ketones is 1. The Morgan fingerprint density at radius 1 is 0.958 bits per heavy atom. The maximum absolute atomic E-state index is 12.1. The number of hydrogen-bond acceptors (Lipinski definition) is 4. The van der Waals surface area contributed by atoms with Gasteiger partial charge < -0.3 is 0 Å². The summed E-state index contributed by atoms with van der Waals surface area (Å²) in [6, 6.07) is 13.0. The number of benzene rings is 2. The second-order valence-electron chi connectivity index (χ2n) is 5.27. The van der Waals surface area contributed by atoms with Crippen LogP contribution in [-0.2, 0) is 19.4 Å². The molecule has 0 aliphatic heterocycles. The molecule has 124 valence electrons. The van der Waals surface area contributed by atoms with E-state index in [1.165, 1.54) is 31.2 Å². The van der Waals surface area contributed by atoms with Gasteiger partial charge in [-0.1, -0.05) is 40.2 Å². The van der Waals surface area contributed by atoms with Gasteiger partial charge in [0.15, 0.2) is 21.9 Å². The zero-order valence-corrected chi connectivity index (χ0v) is 15.5. The molecule has 2 rings (SSSR count). The first-order chi connectivity index (χ1) is 11.2. The summed E-state index contributed by atoms with van der Waals surface area (Å²) in [5, 5.41) is 0. The van der Waals surface area contributed by atoms with Gasteiger partial charge in [-0.05, 0) is 42.3 Å². The average Bonchev–Trinajstić information content (AvgIpc) is 2.52. The largest absolute Gasteiger partial charge is 0.298 e. The average molecular weight is 407 g/mol. The number of halogens is 1. The lowest BCUT2D eigenvalue weighted by molar-refractivity contribution is -0.112. The van der Waals surface area contributed by atoms with Crippen molar-refractivity contribution in [2.24, 2.45) is 0 Å². The van der Waals surface area contributed by atoms with E-state index < -0.39 is 9.84 Å². The zero-order chi connectivity index (χ0) is 17.9. The van der Waals surface area contributed by atoms with Gasteiger partial charge in [0.1, 0.15) is 0 Å². The maximum Gasteiger partial charge on any atom is 0.175 e. The van der Waals surface area contributed by atoms with Crippen LogP contribution in [0.15, 0.2) is 57.9 Å². The number of allylic oxidation sites excluding steroid dienone is 2. The lowest BCUT2D eigenvalue weighted by Crippen LogP contribution is -2.03. The van der Waals surface area contributed by atoms with Gasteiger partial charge >= 0.3 is 0 Å². The van der Waals surface area contributed by atoms with E-state index in [0.29, 0.717) is 17.4 Å². The normalized spacial score (nSPS) is 12.5. The summed E-state index contributed by atoms with van der Waals surface area (Å²) in [4.78, 5) is 23.9. The molecule has 0 N–H and O–H groups in total. The van der Waals surface area contributed by atoms with E-state index in [-0.39, 0.29) is 21.8 Å². The van der Waals surface area contributed by atoms with E-state index in [1.54, 1.807) is 24.3 Å². The highest BCUT2D eigenvalue weighted by atomic mass is 79.9. The summed E-state index contributed by atoms with van der Waals surface area (Å²) >= 11 is 3.33. The third kappa shape index (κ3) is 4.07.